The Balaban J connectivity index is 1.64. The summed E-state index contributed by atoms with van der Waals surface area (Å²) in [6.45, 7) is 0.603. The van der Waals surface area contributed by atoms with E-state index >= 15 is 0 Å². The Morgan fingerprint density at radius 1 is 1.26 bits per heavy atom. The van der Waals surface area contributed by atoms with Crippen LogP contribution in [-0.2, 0) is 18.4 Å². The van der Waals surface area contributed by atoms with Crippen molar-refractivity contribution in [1.29, 1.82) is 0 Å². The molecular weight excluding hydrogens is 310 g/mol. The highest BCUT2D eigenvalue weighted by molar-refractivity contribution is 8.00. The number of aromatic nitrogens is 4. The van der Waals surface area contributed by atoms with Crippen LogP contribution in [0.4, 0.5) is 0 Å². The minimum Gasteiger partial charge on any atom is -0.341 e. The lowest BCUT2D eigenvalue weighted by molar-refractivity contribution is -0.127. The minimum absolute atomic E-state index is 0.0644. The third-order valence-corrected chi connectivity index (χ3v) is 4.50. The number of carbonyl (C=O) groups excluding carboxylic acids is 1. The van der Waals surface area contributed by atoms with Gasteiger partial charge in [-0.25, -0.2) is 9.97 Å². The number of hydrogen-bond acceptors (Lipinski definition) is 5. The van der Waals surface area contributed by atoms with Gasteiger partial charge in [-0.2, -0.15) is 5.10 Å². The molecule has 7 heteroatoms. The number of rotatable bonds is 5. The average Bonchev–Trinajstić information content (AvgIpc) is 2.95. The Bertz CT molecular complexity index is 818. The fraction of sp³-hybridized carbons (Fsp3) is 0.250. The number of thioether (sulfide) groups is 1. The topological polar surface area (TPSA) is 63.9 Å². The zero-order valence-electron chi connectivity index (χ0n) is 13.0. The third kappa shape index (κ3) is 3.50. The molecule has 0 bridgehead atoms. The first-order chi connectivity index (χ1) is 11.1. The lowest BCUT2D eigenvalue weighted by Crippen LogP contribution is -2.27. The van der Waals surface area contributed by atoms with E-state index in [4.69, 9.17) is 0 Å². The first-order valence-electron chi connectivity index (χ1n) is 7.18. The van der Waals surface area contributed by atoms with E-state index in [0.29, 0.717) is 12.3 Å². The number of aryl methyl sites for hydroxylation is 1. The molecule has 2 heterocycles. The molecule has 0 fully saturated rings. The maximum Gasteiger partial charge on any atom is 0.233 e. The summed E-state index contributed by atoms with van der Waals surface area (Å²) in [6.07, 6.45) is 3.24. The summed E-state index contributed by atoms with van der Waals surface area (Å²) < 4.78 is 1.70. The highest BCUT2D eigenvalue weighted by atomic mass is 32.2. The average molecular weight is 327 g/mol. The van der Waals surface area contributed by atoms with Crippen molar-refractivity contribution in [3.8, 4) is 0 Å². The Hall–Kier alpha value is -2.41. The van der Waals surface area contributed by atoms with Gasteiger partial charge in [0, 0.05) is 20.6 Å². The standard InChI is InChI=1S/C16H17N5OS/c1-20(9-12-6-4-3-5-7-12)14(22)10-23-16-13-8-19-21(2)15(13)17-11-18-16/h3-8,11H,9-10H2,1-2H3. The van der Waals surface area contributed by atoms with Crippen molar-refractivity contribution < 1.29 is 4.79 Å². The number of benzene rings is 1. The molecule has 0 aliphatic rings. The molecule has 6 nitrogen and oxygen atoms in total. The summed E-state index contributed by atoms with van der Waals surface area (Å²) >= 11 is 1.41. The molecule has 0 spiro atoms. The molecule has 23 heavy (non-hydrogen) atoms. The van der Waals surface area contributed by atoms with Crippen LogP contribution in [0, 0.1) is 0 Å². The number of amides is 1. The number of carbonyl (C=O) groups is 1. The van der Waals surface area contributed by atoms with Crippen LogP contribution in [0.5, 0.6) is 0 Å². The van der Waals surface area contributed by atoms with Gasteiger partial charge in [-0.3, -0.25) is 9.48 Å². The number of fused-ring (bicyclic) bond motifs is 1. The summed E-state index contributed by atoms with van der Waals surface area (Å²) in [4.78, 5) is 22.5. The minimum atomic E-state index is 0.0644. The predicted molar refractivity (Wildman–Crippen MR) is 89.9 cm³/mol. The van der Waals surface area contributed by atoms with Crippen molar-refractivity contribution in [2.75, 3.05) is 12.8 Å². The highest BCUT2D eigenvalue weighted by Crippen LogP contribution is 2.24. The zero-order chi connectivity index (χ0) is 16.2. The highest BCUT2D eigenvalue weighted by Gasteiger charge is 2.13. The van der Waals surface area contributed by atoms with Crippen LogP contribution in [0.1, 0.15) is 5.56 Å². The molecule has 0 radical (unpaired) electrons. The zero-order valence-corrected chi connectivity index (χ0v) is 13.8. The van der Waals surface area contributed by atoms with Gasteiger partial charge in [0.15, 0.2) is 5.65 Å². The molecule has 0 saturated carbocycles. The van der Waals surface area contributed by atoms with E-state index in [-0.39, 0.29) is 5.91 Å². The molecule has 1 amide bonds. The molecule has 0 aliphatic heterocycles. The summed E-state index contributed by atoms with van der Waals surface area (Å²) in [5, 5.41) is 5.84. The second-order valence-electron chi connectivity index (χ2n) is 5.21. The molecule has 0 N–H and O–H groups in total. The van der Waals surface area contributed by atoms with E-state index in [9.17, 15) is 4.79 Å². The number of hydrogen-bond donors (Lipinski definition) is 0. The van der Waals surface area contributed by atoms with Gasteiger partial charge in [0.25, 0.3) is 0 Å². The first-order valence-corrected chi connectivity index (χ1v) is 8.17. The Kier molecular flexibility index (Phi) is 4.57. The predicted octanol–water partition coefficient (Wildman–Crippen LogP) is 2.11. The van der Waals surface area contributed by atoms with Gasteiger partial charge in [0.05, 0.1) is 17.3 Å². The van der Waals surface area contributed by atoms with Crippen molar-refractivity contribution in [3.63, 3.8) is 0 Å². The van der Waals surface area contributed by atoms with Crippen molar-refractivity contribution >= 4 is 28.7 Å². The molecule has 2 aromatic heterocycles. The quantitative estimate of drug-likeness (QED) is 0.530. The van der Waals surface area contributed by atoms with Crippen molar-refractivity contribution in [2.24, 2.45) is 7.05 Å². The van der Waals surface area contributed by atoms with E-state index in [1.807, 2.05) is 44.4 Å². The maximum atomic E-state index is 12.3. The lowest BCUT2D eigenvalue weighted by Gasteiger charge is -2.17. The summed E-state index contributed by atoms with van der Waals surface area (Å²) in [6, 6.07) is 9.95. The molecule has 3 rings (SSSR count). The second kappa shape index (κ2) is 6.78. The molecule has 118 valence electrons. The second-order valence-corrected chi connectivity index (χ2v) is 6.17. The van der Waals surface area contributed by atoms with E-state index in [1.54, 1.807) is 15.8 Å². The SMILES string of the molecule is CN(Cc1ccccc1)C(=O)CSc1ncnc2c1cnn2C. The monoisotopic (exact) mass is 327 g/mol. The molecule has 3 aromatic rings. The fourth-order valence-corrected chi connectivity index (χ4v) is 3.14. The van der Waals surface area contributed by atoms with E-state index < -0.39 is 0 Å². The molecule has 0 aliphatic carbocycles. The van der Waals surface area contributed by atoms with Crippen LogP contribution in [0.25, 0.3) is 11.0 Å². The lowest BCUT2D eigenvalue weighted by atomic mass is 10.2. The molecule has 0 atom stereocenters. The van der Waals surface area contributed by atoms with Gasteiger partial charge in [-0.1, -0.05) is 42.1 Å². The third-order valence-electron chi connectivity index (χ3n) is 3.51. The van der Waals surface area contributed by atoms with Crippen molar-refractivity contribution in [2.45, 2.75) is 11.6 Å². The van der Waals surface area contributed by atoms with Crippen LogP contribution >= 0.6 is 11.8 Å². The van der Waals surface area contributed by atoms with Gasteiger partial charge in [-0.05, 0) is 5.56 Å². The first kappa shape index (κ1) is 15.5. The molecule has 0 saturated heterocycles. The van der Waals surface area contributed by atoms with Crippen LogP contribution in [0.2, 0.25) is 0 Å². The van der Waals surface area contributed by atoms with Crippen LogP contribution in [-0.4, -0.2) is 43.4 Å². The fourth-order valence-electron chi connectivity index (χ4n) is 2.24. The van der Waals surface area contributed by atoms with Gasteiger partial charge in [0.2, 0.25) is 5.91 Å². The van der Waals surface area contributed by atoms with E-state index in [0.717, 1.165) is 21.6 Å². The molecule has 0 unspecified atom stereocenters. The smallest absolute Gasteiger partial charge is 0.233 e. The van der Waals surface area contributed by atoms with Gasteiger partial charge >= 0.3 is 0 Å². The molecule has 1 aromatic carbocycles. The van der Waals surface area contributed by atoms with Crippen LogP contribution in [0.15, 0.2) is 47.9 Å². The Morgan fingerprint density at radius 2 is 2.04 bits per heavy atom. The summed E-state index contributed by atoms with van der Waals surface area (Å²) in [5.74, 6) is 0.402. The van der Waals surface area contributed by atoms with E-state index in [1.165, 1.54) is 18.1 Å². The Morgan fingerprint density at radius 3 is 2.83 bits per heavy atom. The molecular formula is C16H17N5OS. The summed E-state index contributed by atoms with van der Waals surface area (Å²) in [5.41, 5.74) is 1.89. The van der Waals surface area contributed by atoms with Gasteiger partial charge < -0.3 is 4.90 Å². The van der Waals surface area contributed by atoms with Crippen molar-refractivity contribution in [3.05, 3.63) is 48.4 Å². The normalized spacial score (nSPS) is 10.9. The largest absolute Gasteiger partial charge is 0.341 e. The van der Waals surface area contributed by atoms with Gasteiger partial charge in [-0.15, -0.1) is 0 Å². The van der Waals surface area contributed by atoms with Crippen LogP contribution in [0.3, 0.4) is 0 Å². The maximum absolute atomic E-state index is 12.3. The number of nitrogens with zero attached hydrogens (tertiary/aromatic N) is 5. The Labute approximate surface area is 138 Å². The summed E-state index contributed by atoms with van der Waals surface area (Å²) in [7, 11) is 3.65. The van der Waals surface area contributed by atoms with Gasteiger partial charge in [0.1, 0.15) is 11.4 Å². The van der Waals surface area contributed by atoms with E-state index in [2.05, 4.69) is 15.1 Å². The van der Waals surface area contributed by atoms with Crippen LogP contribution < -0.4 is 0 Å². The van der Waals surface area contributed by atoms with Crippen molar-refractivity contribution in [1.82, 2.24) is 24.6 Å².